The predicted molar refractivity (Wildman–Crippen MR) is 90.3 cm³/mol. The Morgan fingerprint density at radius 2 is 2.04 bits per heavy atom. The lowest BCUT2D eigenvalue weighted by atomic mass is 10.1. The van der Waals surface area contributed by atoms with Crippen molar-refractivity contribution in [3.63, 3.8) is 0 Å². The van der Waals surface area contributed by atoms with E-state index in [9.17, 15) is 17.6 Å². The Hall–Kier alpha value is -2.45. The quantitative estimate of drug-likeness (QED) is 0.736. The highest BCUT2D eigenvalue weighted by atomic mass is 35.5. The van der Waals surface area contributed by atoms with Crippen molar-refractivity contribution < 1.29 is 17.6 Å². The van der Waals surface area contributed by atoms with E-state index in [-0.39, 0.29) is 23.0 Å². The van der Waals surface area contributed by atoms with Gasteiger partial charge in [-0.15, -0.1) is 0 Å². The molecule has 0 spiro atoms. The van der Waals surface area contributed by atoms with Crippen molar-refractivity contribution in [2.75, 3.05) is 0 Å². The molecule has 25 heavy (non-hydrogen) atoms. The van der Waals surface area contributed by atoms with Crippen molar-refractivity contribution >= 4 is 33.2 Å². The number of hydrogen-bond acceptors (Lipinski definition) is 4. The molecule has 0 unspecified atom stereocenters. The highest BCUT2D eigenvalue weighted by Gasteiger charge is 2.26. The van der Waals surface area contributed by atoms with Gasteiger partial charge in [-0.05, 0) is 36.2 Å². The van der Waals surface area contributed by atoms with Crippen molar-refractivity contribution in [3.05, 3.63) is 65.2 Å². The standard InChI is InChI=1S/C16H13ClFN3O3S/c17-15-16(21-9-2-1-6-13(21)19-15)25(23,24)20-14(22)8-7-11-4-3-5-12(18)10-11/h1-6,9-10H,7-8H2,(H,20,22). The van der Waals surface area contributed by atoms with Crippen molar-refractivity contribution in [2.24, 2.45) is 0 Å². The number of pyridine rings is 1. The number of nitrogens with one attached hydrogen (secondary N) is 1. The molecule has 0 bridgehead atoms. The van der Waals surface area contributed by atoms with E-state index in [4.69, 9.17) is 11.6 Å². The fourth-order valence-corrected chi connectivity index (χ4v) is 4.05. The van der Waals surface area contributed by atoms with Crippen LogP contribution in [0.25, 0.3) is 5.65 Å². The first-order chi connectivity index (χ1) is 11.9. The maximum absolute atomic E-state index is 13.1. The average Bonchev–Trinajstić information content (AvgIpc) is 2.89. The molecule has 2 heterocycles. The molecule has 130 valence electrons. The second-order valence-corrected chi connectivity index (χ2v) is 7.25. The van der Waals surface area contributed by atoms with Crippen molar-refractivity contribution in [3.8, 4) is 0 Å². The average molecular weight is 382 g/mol. The number of fused-ring (bicyclic) bond motifs is 1. The van der Waals surface area contributed by atoms with Crippen LogP contribution in [0.4, 0.5) is 4.39 Å². The minimum atomic E-state index is -4.19. The van der Waals surface area contributed by atoms with Gasteiger partial charge < -0.3 is 0 Å². The third-order valence-electron chi connectivity index (χ3n) is 3.48. The van der Waals surface area contributed by atoms with Gasteiger partial charge in [-0.1, -0.05) is 29.8 Å². The summed E-state index contributed by atoms with van der Waals surface area (Å²) in [7, 11) is -4.19. The molecule has 6 nitrogen and oxygen atoms in total. The molecule has 0 atom stereocenters. The van der Waals surface area contributed by atoms with Crippen molar-refractivity contribution in [1.82, 2.24) is 14.1 Å². The first-order valence-electron chi connectivity index (χ1n) is 7.29. The molecule has 1 amide bonds. The van der Waals surface area contributed by atoms with E-state index in [1.165, 1.54) is 28.8 Å². The normalized spacial score (nSPS) is 11.6. The first kappa shape index (κ1) is 17.4. The summed E-state index contributed by atoms with van der Waals surface area (Å²) in [6.07, 6.45) is 1.58. The maximum atomic E-state index is 13.1. The van der Waals surface area contributed by atoms with Crippen LogP contribution in [0.3, 0.4) is 0 Å². The largest absolute Gasteiger partial charge is 0.288 e. The van der Waals surface area contributed by atoms with Crippen LogP contribution in [0.5, 0.6) is 0 Å². The van der Waals surface area contributed by atoms with E-state index in [1.54, 1.807) is 24.3 Å². The zero-order valence-corrected chi connectivity index (χ0v) is 14.4. The highest BCUT2D eigenvalue weighted by Crippen LogP contribution is 2.22. The zero-order chi connectivity index (χ0) is 18.0. The lowest BCUT2D eigenvalue weighted by molar-refractivity contribution is -0.119. The summed E-state index contributed by atoms with van der Waals surface area (Å²) in [6.45, 7) is 0. The van der Waals surface area contributed by atoms with Gasteiger partial charge in [-0.25, -0.2) is 14.1 Å². The Balaban J connectivity index is 1.76. The highest BCUT2D eigenvalue weighted by molar-refractivity contribution is 7.90. The molecule has 3 rings (SSSR count). The van der Waals surface area contributed by atoms with E-state index in [1.807, 2.05) is 4.72 Å². The summed E-state index contributed by atoms with van der Waals surface area (Å²) in [5.74, 6) is -1.13. The summed E-state index contributed by atoms with van der Waals surface area (Å²) in [5.41, 5.74) is 0.945. The summed E-state index contributed by atoms with van der Waals surface area (Å²) < 4.78 is 41.3. The molecule has 0 radical (unpaired) electrons. The van der Waals surface area contributed by atoms with Gasteiger partial charge in [0.15, 0.2) is 10.2 Å². The molecule has 0 saturated heterocycles. The van der Waals surface area contributed by atoms with Gasteiger partial charge in [0.1, 0.15) is 11.5 Å². The number of nitrogens with zero attached hydrogens (tertiary/aromatic N) is 2. The number of aromatic nitrogens is 2. The molecule has 1 aromatic carbocycles. The Bertz CT molecular complexity index is 1050. The van der Waals surface area contributed by atoms with E-state index in [0.717, 1.165) is 0 Å². The first-order valence-corrected chi connectivity index (χ1v) is 9.15. The second-order valence-electron chi connectivity index (χ2n) is 5.30. The minimum Gasteiger partial charge on any atom is -0.288 e. The molecule has 0 aliphatic carbocycles. The van der Waals surface area contributed by atoms with Crippen LogP contribution in [-0.2, 0) is 21.2 Å². The van der Waals surface area contributed by atoms with Gasteiger partial charge in [0.25, 0.3) is 10.0 Å². The second kappa shape index (κ2) is 6.81. The third-order valence-corrected chi connectivity index (χ3v) is 5.25. The van der Waals surface area contributed by atoms with Crippen LogP contribution in [0.15, 0.2) is 53.7 Å². The van der Waals surface area contributed by atoms with Gasteiger partial charge in [0.05, 0.1) is 0 Å². The summed E-state index contributed by atoms with van der Waals surface area (Å²) in [6, 6.07) is 10.7. The topological polar surface area (TPSA) is 80.5 Å². The molecule has 0 aliphatic heterocycles. The van der Waals surface area contributed by atoms with Crippen LogP contribution in [0, 0.1) is 5.82 Å². The Morgan fingerprint density at radius 3 is 2.80 bits per heavy atom. The van der Waals surface area contributed by atoms with Crippen LogP contribution in [0.1, 0.15) is 12.0 Å². The molecule has 9 heteroatoms. The SMILES string of the molecule is O=C(CCc1cccc(F)c1)NS(=O)(=O)c1c(Cl)nc2ccccn12. The summed E-state index contributed by atoms with van der Waals surface area (Å²) in [4.78, 5) is 15.9. The molecule has 0 fully saturated rings. The number of amides is 1. The smallest absolute Gasteiger partial charge is 0.283 e. The van der Waals surface area contributed by atoms with Gasteiger partial charge in [-0.2, -0.15) is 8.42 Å². The van der Waals surface area contributed by atoms with Gasteiger partial charge >= 0.3 is 0 Å². The number of hydrogen-bond donors (Lipinski definition) is 1. The number of sulfonamides is 1. The Labute approximate surface area is 148 Å². The number of carbonyl (C=O) groups is 1. The molecular formula is C16H13ClFN3O3S. The molecule has 1 N–H and O–H groups in total. The fourth-order valence-electron chi connectivity index (χ4n) is 2.38. The van der Waals surface area contributed by atoms with Crippen molar-refractivity contribution in [1.29, 1.82) is 0 Å². The van der Waals surface area contributed by atoms with Gasteiger partial charge in [0, 0.05) is 12.6 Å². The summed E-state index contributed by atoms with van der Waals surface area (Å²) in [5, 5.41) is -0.527. The number of aryl methyl sites for hydroxylation is 1. The lowest BCUT2D eigenvalue weighted by Gasteiger charge is -2.07. The van der Waals surface area contributed by atoms with E-state index in [0.29, 0.717) is 11.2 Å². The maximum Gasteiger partial charge on any atom is 0.283 e. The molecule has 2 aromatic heterocycles. The van der Waals surface area contributed by atoms with Crippen LogP contribution in [-0.4, -0.2) is 23.7 Å². The van der Waals surface area contributed by atoms with Crippen LogP contribution >= 0.6 is 11.6 Å². The Morgan fingerprint density at radius 1 is 1.24 bits per heavy atom. The molecule has 3 aromatic rings. The van der Waals surface area contributed by atoms with Gasteiger partial charge in [0.2, 0.25) is 5.91 Å². The number of benzene rings is 1. The number of halogens is 2. The van der Waals surface area contributed by atoms with Crippen molar-refractivity contribution in [2.45, 2.75) is 17.9 Å². The number of carbonyl (C=O) groups excluding carboxylic acids is 1. The Kier molecular flexibility index (Phi) is 4.73. The molecule has 0 saturated carbocycles. The minimum absolute atomic E-state index is 0.114. The lowest BCUT2D eigenvalue weighted by Crippen LogP contribution is -2.31. The third kappa shape index (κ3) is 3.80. The van der Waals surface area contributed by atoms with E-state index in [2.05, 4.69) is 4.98 Å². The predicted octanol–water partition coefficient (Wildman–Crippen LogP) is 2.56. The fraction of sp³-hybridized carbons (Fsp3) is 0.125. The van der Waals surface area contributed by atoms with E-state index < -0.39 is 21.7 Å². The molecule has 0 aliphatic rings. The number of rotatable bonds is 5. The summed E-state index contributed by atoms with van der Waals surface area (Å²) >= 11 is 5.92. The molecular weight excluding hydrogens is 369 g/mol. The van der Waals surface area contributed by atoms with Crippen LogP contribution < -0.4 is 4.72 Å². The van der Waals surface area contributed by atoms with Crippen LogP contribution in [0.2, 0.25) is 5.15 Å². The monoisotopic (exact) mass is 381 g/mol. The van der Waals surface area contributed by atoms with E-state index >= 15 is 0 Å². The zero-order valence-electron chi connectivity index (χ0n) is 12.8. The number of imidazole rings is 1. The van der Waals surface area contributed by atoms with Gasteiger partial charge in [-0.3, -0.25) is 9.20 Å².